The Balaban J connectivity index is 1.48. The highest BCUT2D eigenvalue weighted by Gasteiger charge is 2.44. The molecule has 2 atom stereocenters. The van der Waals surface area contributed by atoms with Gasteiger partial charge >= 0.3 is 0 Å². The molecule has 2 saturated heterocycles. The maximum atomic E-state index is 13.9. The Bertz CT molecular complexity index is 761. The molecule has 0 bridgehead atoms. The van der Waals surface area contributed by atoms with Gasteiger partial charge in [-0.3, -0.25) is 19.4 Å². The zero-order valence-corrected chi connectivity index (χ0v) is 13.6. The molecule has 1 amide bonds. The van der Waals surface area contributed by atoms with Gasteiger partial charge in [-0.1, -0.05) is 0 Å². The average Bonchev–Trinajstić information content (AvgIpc) is 3.25. The lowest BCUT2D eigenvalue weighted by Gasteiger charge is -2.25. The molecule has 2 fully saturated rings. The van der Waals surface area contributed by atoms with Crippen LogP contribution in [0, 0.1) is 5.82 Å². The van der Waals surface area contributed by atoms with E-state index in [-0.39, 0.29) is 17.5 Å². The van der Waals surface area contributed by atoms with Gasteiger partial charge < -0.3 is 4.90 Å². The van der Waals surface area contributed by atoms with E-state index in [9.17, 15) is 9.18 Å². The van der Waals surface area contributed by atoms with Crippen molar-refractivity contribution in [2.45, 2.75) is 31.5 Å². The molecule has 7 heteroatoms. The van der Waals surface area contributed by atoms with Crippen LogP contribution in [0.25, 0.3) is 0 Å². The zero-order valence-electron chi connectivity index (χ0n) is 13.6. The topological polar surface area (TPSA) is 54.3 Å². The van der Waals surface area contributed by atoms with Crippen LogP contribution in [0.3, 0.4) is 0 Å². The number of carbonyl (C=O) groups excluding carboxylic acids is 1. The Labute approximate surface area is 139 Å². The summed E-state index contributed by atoms with van der Waals surface area (Å²) in [5, 5.41) is 4.21. The first-order valence-electron chi connectivity index (χ1n) is 8.25. The van der Waals surface area contributed by atoms with Crippen LogP contribution >= 0.6 is 0 Å². The summed E-state index contributed by atoms with van der Waals surface area (Å²) in [7, 11) is 1.91. The lowest BCUT2D eigenvalue weighted by atomic mass is 10.1. The normalized spacial score (nSPS) is 23.7. The Morgan fingerprint density at radius 3 is 2.88 bits per heavy atom. The summed E-state index contributed by atoms with van der Waals surface area (Å²) in [6.07, 6.45) is 8.35. The van der Waals surface area contributed by atoms with Crippen LogP contribution in [0.2, 0.25) is 0 Å². The van der Waals surface area contributed by atoms with E-state index in [1.807, 2.05) is 24.3 Å². The van der Waals surface area contributed by atoms with E-state index in [0.29, 0.717) is 12.6 Å². The van der Waals surface area contributed by atoms with Crippen LogP contribution in [0.5, 0.6) is 0 Å². The molecule has 126 valence electrons. The van der Waals surface area contributed by atoms with E-state index < -0.39 is 5.82 Å². The molecule has 4 rings (SSSR count). The molecule has 0 radical (unpaired) electrons. The number of hydrogen-bond acceptors (Lipinski definition) is 4. The molecule has 0 unspecified atom stereocenters. The molecule has 24 heavy (non-hydrogen) atoms. The van der Waals surface area contributed by atoms with Gasteiger partial charge in [0, 0.05) is 56.7 Å². The minimum atomic E-state index is -0.545. The molecule has 4 heterocycles. The van der Waals surface area contributed by atoms with Crippen molar-refractivity contribution in [3.05, 3.63) is 47.8 Å². The number of halogens is 1. The van der Waals surface area contributed by atoms with E-state index in [1.165, 1.54) is 17.8 Å². The summed E-state index contributed by atoms with van der Waals surface area (Å²) in [6.45, 7) is 2.48. The Morgan fingerprint density at radius 2 is 2.12 bits per heavy atom. The molecule has 6 nitrogen and oxygen atoms in total. The number of amides is 1. The van der Waals surface area contributed by atoms with Crippen molar-refractivity contribution in [2.75, 3.05) is 13.1 Å². The summed E-state index contributed by atoms with van der Waals surface area (Å²) < 4.78 is 15.7. The third-order valence-electron chi connectivity index (χ3n) is 5.10. The van der Waals surface area contributed by atoms with Crippen LogP contribution in [-0.2, 0) is 13.6 Å². The molecule has 0 N–H and O–H groups in total. The average molecular weight is 329 g/mol. The highest BCUT2D eigenvalue weighted by Crippen LogP contribution is 2.33. The number of aromatic nitrogens is 3. The van der Waals surface area contributed by atoms with Crippen LogP contribution in [0.15, 0.2) is 30.9 Å². The van der Waals surface area contributed by atoms with Crippen molar-refractivity contribution in [3.8, 4) is 0 Å². The first-order valence-corrected chi connectivity index (χ1v) is 8.25. The van der Waals surface area contributed by atoms with Gasteiger partial charge in [-0.15, -0.1) is 0 Å². The fourth-order valence-electron chi connectivity index (χ4n) is 4.02. The Kier molecular flexibility index (Phi) is 3.80. The molecule has 2 aromatic heterocycles. The molecule has 2 aliphatic rings. The first-order chi connectivity index (χ1) is 11.6. The van der Waals surface area contributed by atoms with Crippen molar-refractivity contribution in [2.24, 2.45) is 7.05 Å². The Morgan fingerprint density at radius 1 is 1.29 bits per heavy atom. The van der Waals surface area contributed by atoms with Crippen molar-refractivity contribution in [1.82, 2.24) is 24.6 Å². The van der Waals surface area contributed by atoms with E-state index in [0.717, 1.165) is 32.1 Å². The number of rotatable bonds is 3. The minimum absolute atomic E-state index is 0.122. The highest BCUT2D eigenvalue weighted by atomic mass is 19.1. The van der Waals surface area contributed by atoms with Gasteiger partial charge in [0.15, 0.2) is 5.82 Å². The van der Waals surface area contributed by atoms with Gasteiger partial charge in [-0.05, 0) is 18.9 Å². The van der Waals surface area contributed by atoms with E-state index >= 15 is 0 Å². The molecule has 0 aromatic carbocycles. The van der Waals surface area contributed by atoms with Crippen molar-refractivity contribution in [1.29, 1.82) is 0 Å². The largest absolute Gasteiger partial charge is 0.334 e. The lowest BCUT2D eigenvalue weighted by Crippen LogP contribution is -2.39. The molecule has 0 saturated carbocycles. The van der Waals surface area contributed by atoms with Gasteiger partial charge in [0.1, 0.15) is 0 Å². The second-order valence-electron chi connectivity index (χ2n) is 6.56. The Hall–Kier alpha value is -2.28. The molecule has 0 aliphatic carbocycles. The highest BCUT2D eigenvalue weighted by molar-refractivity contribution is 5.94. The number of fused-ring (bicyclic) bond motifs is 1. The van der Waals surface area contributed by atoms with Gasteiger partial charge in [0.05, 0.1) is 18.0 Å². The predicted molar refractivity (Wildman–Crippen MR) is 85.7 cm³/mol. The quantitative estimate of drug-likeness (QED) is 0.855. The van der Waals surface area contributed by atoms with Crippen LogP contribution in [0.1, 0.15) is 28.8 Å². The van der Waals surface area contributed by atoms with E-state index in [2.05, 4.69) is 15.0 Å². The number of carbonyl (C=O) groups is 1. The molecular formula is C17H20FN5O. The zero-order chi connectivity index (χ0) is 16.7. The summed E-state index contributed by atoms with van der Waals surface area (Å²) in [6, 6.07) is 1.98. The second kappa shape index (κ2) is 5.98. The van der Waals surface area contributed by atoms with Crippen LogP contribution in [0.4, 0.5) is 4.39 Å². The maximum Gasteiger partial charge on any atom is 0.257 e. The molecule has 2 aromatic rings. The second-order valence-corrected chi connectivity index (χ2v) is 6.56. The summed E-state index contributed by atoms with van der Waals surface area (Å²) in [4.78, 5) is 20.7. The minimum Gasteiger partial charge on any atom is -0.334 e. The number of hydrogen-bond donors (Lipinski definition) is 0. The summed E-state index contributed by atoms with van der Waals surface area (Å²) in [5.41, 5.74) is 1.31. The monoisotopic (exact) mass is 329 g/mol. The van der Waals surface area contributed by atoms with Crippen LogP contribution in [-0.4, -0.2) is 55.6 Å². The molecular weight excluding hydrogens is 309 g/mol. The summed E-state index contributed by atoms with van der Waals surface area (Å²) >= 11 is 0. The van der Waals surface area contributed by atoms with E-state index in [4.69, 9.17) is 0 Å². The fraction of sp³-hybridized carbons (Fsp3) is 0.471. The van der Waals surface area contributed by atoms with Crippen molar-refractivity contribution >= 4 is 5.91 Å². The number of pyridine rings is 1. The van der Waals surface area contributed by atoms with Gasteiger partial charge in [-0.25, -0.2) is 4.39 Å². The summed E-state index contributed by atoms with van der Waals surface area (Å²) in [5.74, 6) is -0.762. The predicted octanol–water partition coefficient (Wildman–Crippen LogP) is 1.44. The fourth-order valence-corrected chi connectivity index (χ4v) is 4.02. The third kappa shape index (κ3) is 2.58. The smallest absolute Gasteiger partial charge is 0.257 e. The van der Waals surface area contributed by atoms with E-state index in [1.54, 1.807) is 4.68 Å². The number of aryl methyl sites for hydroxylation is 1. The lowest BCUT2D eigenvalue weighted by molar-refractivity contribution is 0.0727. The molecule has 2 aliphatic heterocycles. The van der Waals surface area contributed by atoms with Crippen molar-refractivity contribution in [3.63, 3.8) is 0 Å². The maximum absolute atomic E-state index is 13.9. The SMILES string of the molecule is Cn1cc(CN2CC[C@@H]3[C@@H]2CCN3C(=O)c2ccncc2F)cn1. The van der Waals surface area contributed by atoms with Gasteiger partial charge in [0.2, 0.25) is 0 Å². The van der Waals surface area contributed by atoms with Gasteiger partial charge in [0.25, 0.3) is 5.91 Å². The molecule has 0 spiro atoms. The van der Waals surface area contributed by atoms with Gasteiger partial charge in [-0.2, -0.15) is 5.10 Å². The standard InChI is InChI=1S/C17H20FN5O/c1-21-10-12(8-20-21)11-22-6-3-16-15(22)4-7-23(16)17(24)13-2-5-19-9-14(13)18/h2,5,8-10,15-16H,3-4,6-7,11H2,1H3/t15-,16+/m0/s1. The number of nitrogens with zero attached hydrogens (tertiary/aromatic N) is 5. The van der Waals surface area contributed by atoms with Crippen LogP contribution < -0.4 is 0 Å². The third-order valence-corrected chi connectivity index (χ3v) is 5.10. The first kappa shape index (κ1) is 15.3. The number of likely N-dealkylation sites (tertiary alicyclic amines) is 2. The van der Waals surface area contributed by atoms with Crippen molar-refractivity contribution < 1.29 is 9.18 Å².